The van der Waals surface area contributed by atoms with Crippen molar-refractivity contribution in [1.82, 2.24) is 0 Å². The number of benzene rings is 2. The molecule has 0 fully saturated rings. The summed E-state index contributed by atoms with van der Waals surface area (Å²) in [6.07, 6.45) is 0. The van der Waals surface area contributed by atoms with Crippen molar-refractivity contribution in [3.8, 4) is 11.3 Å². The Morgan fingerprint density at radius 2 is 1.67 bits per heavy atom. The van der Waals surface area contributed by atoms with E-state index in [1.807, 2.05) is 51.1 Å². The van der Waals surface area contributed by atoms with Crippen LogP contribution >= 0.6 is 11.6 Å². The minimum Gasteiger partial charge on any atom is -0.451 e. The van der Waals surface area contributed by atoms with Crippen molar-refractivity contribution in [2.75, 3.05) is 5.32 Å². The van der Waals surface area contributed by atoms with Gasteiger partial charge in [0.25, 0.3) is 5.91 Å². The number of anilines is 1. The fraction of sp³-hybridized carbons (Fsp3) is 0.150. The molecular formula is C20H18ClNO2. The second-order valence-corrected chi connectivity index (χ2v) is 6.37. The molecule has 0 radical (unpaired) electrons. The summed E-state index contributed by atoms with van der Waals surface area (Å²) in [7, 11) is 0. The molecular weight excluding hydrogens is 322 g/mol. The number of nitrogens with one attached hydrogen (secondary N) is 1. The first-order valence-corrected chi connectivity index (χ1v) is 8.06. The zero-order valence-electron chi connectivity index (χ0n) is 13.8. The Bertz CT molecular complexity index is 892. The summed E-state index contributed by atoms with van der Waals surface area (Å²) in [4.78, 5) is 12.4. The molecule has 0 saturated carbocycles. The van der Waals surface area contributed by atoms with Crippen LogP contribution in [0.1, 0.15) is 27.2 Å². The average molecular weight is 340 g/mol. The Labute approximate surface area is 146 Å². The lowest BCUT2D eigenvalue weighted by atomic mass is 10.1. The lowest BCUT2D eigenvalue weighted by Crippen LogP contribution is -2.11. The molecule has 0 spiro atoms. The van der Waals surface area contributed by atoms with E-state index in [0.717, 1.165) is 27.9 Å². The Hall–Kier alpha value is -2.52. The van der Waals surface area contributed by atoms with Gasteiger partial charge in [-0.15, -0.1) is 0 Å². The van der Waals surface area contributed by atoms with E-state index in [-0.39, 0.29) is 11.7 Å². The number of hydrogen-bond donors (Lipinski definition) is 1. The molecule has 1 N–H and O–H groups in total. The number of aryl methyl sites for hydroxylation is 3. The van der Waals surface area contributed by atoms with E-state index in [0.29, 0.717) is 10.8 Å². The normalized spacial score (nSPS) is 10.7. The third-order valence-electron chi connectivity index (χ3n) is 3.77. The first kappa shape index (κ1) is 16.3. The van der Waals surface area contributed by atoms with Crippen LogP contribution in [0, 0.1) is 20.8 Å². The van der Waals surface area contributed by atoms with E-state index >= 15 is 0 Å². The second kappa shape index (κ2) is 6.54. The van der Waals surface area contributed by atoms with E-state index in [2.05, 4.69) is 11.4 Å². The van der Waals surface area contributed by atoms with Gasteiger partial charge in [-0.2, -0.15) is 0 Å². The highest BCUT2D eigenvalue weighted by Crippen LogP contribution is 2.27. The van der Waals surface area contributed by atoms with Crippen molar-refractivity contribution >= 4 is 23.2 Å². The molecule has 1 amide bonds. The Kier molecular flexibility index (Phi) is 4.45. The number of carbonyl (C=O) groups excluding carboxylic acids is 1. The molecule has 3 rings (SSSR count). The molecule has 2 aromatic carbocycles. The Morgan fingerprint density at radius 3 is 2.33 bits per heavy atom. The summed E-state index contributed by atoms with van der Waals surface area (Å²) < 4.78 is 5.69. The van der Waals surface area contributed by atoms with Crippen LogP contribution in [0.2, 0.25) is 5.02 Å². The van der Waals surface area contributed by atoms with Crippen molar-refractivity contribution in [2.45, 2.75) is 20.8 Å². The molecule has 0 unspecified atom stereocenters. The second-order valence-electron chi connectivity index (χ2n) is 5.96. The van der Waals surface area contributed by atoms with Crippen molar-refractivity contribution in [3.05, 3.63) is 76.0 Å². The summed E-state index contributed by atoms with van der Waals surface area (Å²) >= 11 is 6.15. The number of hydrogen-bond acceptors (Lipinski definition) is 2. The maximum Gasteiger partial charge on any atom is 0.291 e. The van der Waals surface area contributed by atoms with Crippen LogP contribution in [0.25, 0.3) is 11.3 Å². The van der Waals surface area contributed by atoms with E-state index in [4.69, 9.17) is 16.0 Å². The van der Waals surface area contributed by atoms with Gasteiger partial charge in [-0.1, -0.05) is 29.8 Å². The van der Waals surface area contributed by atoms with Gasteiger partial charge in [0.15, 0.2) is 5.76 Å². The number of halogens is 1. The number of rotatable bonds is 3. The van der Waals surface area contributed by atoms with E-state index < -0.39 is 0 Å². The van der Waals surface area contributed by atoms with Crippen LogP contribution < -0.4 is 5.32 Å². The quantitative estimate of drug-likeness (QED) is 0.657. The molecule has 3 nitrogen and oxygen atoms in total. The Morgan fingerprint density at radius 1 is 0.958 bits per heavy atom. The Balaban J connectivity index is 1.81. The molecule has 0 aliphatic rings. The molecule has 1 aromatic heterocycles. The van der Waals surface area contributed by atoms with Gasteiger partial charge in [-0.05, 0) is 67.8 Å². The molecule has 0 atom stereocenters. The molecule has 24 heavy (non-hydrogen) atoms. The van der Waals surface area contributed by atoms with Crippen molar-refractivity contribution in [3.63, 3.8) is 0 Å². The summed E-state index contributed by atoms with van der Waals surface area (Å²) in [5.41, 5.74) is 4.80. The van der Waals surface area contributed by atoms with Gasteiger partial charge in [0.2, 0.25) is 0 Å². The SMILES string of the molecule is Cc1cc(C)cc(NC(=O)c2ccc(-c3ccc(C)c(Cl)c3)o2)c1. The summed E-state index contributed by atoms with van der Waals surface area (Å²) in [5.74, 6) is 0.604. The first-order valence-electron chi connectivity index (χ1n) is 7.68. The molecule has 1 heterocycles. The van der Waals surface area contributed by atoms with Crippen LogP contribution in [0.3, 0.4) is 0 Å². The van der Waals surface area contributed by atoms with Gasteiger partial charge in [-0.3, -0.25) is 4.79 Å². The molecule has 3 aromatic rings. The fourth-order valence-corrected chi connectivity index (χ4v) is 2.78. The van der Waals surface area contributed by atoms with Gasteiger partial charge < -0.3 is 9.73 Å². The molecule has 0 aliphatic heterocycles. The fourth-order valence-electron chi connectivity index (χ4n) is 2.60. The highest BCUT2D eigenvalue weighted by molar-refractivity contribution is 6.31. The topological polar surface area (TPSA) is 42.2 Å². The minimum absolute atomic E-state index is 0.265. The first-order chi connectivity index (χ1) is 11.4. The zero-order valence-corrected chi connectivity index (χ0v) is 14.6. The van der Waals surface area contributed by atoms with Gasteiger partial charge in [0, 0.05) is 16.3 Å². The van der Waals surface area contributed by atoms with E-state index in [1.165, 1.54) is 0 Å². The summed E-state index contributed by atoms with van der Waals surface area (Å²) in [6.45, 7) is 5.93. The highest BCUT2D eigenvalue weighted by atomic mass is 35.5. The van der Waals surface area contributed by atoms with Crippen molar-refractivity contribution in [1.29, 1.82) is 0 Å². The smallest absolute Gasteiger partial charge is 0.291 e. The van der Waals surface area contributed by atoms with Crippen LogP contribution in [-0.4, -0.2) is 5.91 Å². The lowest BCUT2D eigenvalue weighted by molar-refractivity contribution is 0.0997. The third kappa shape index (κ3) is 3.52. The number of furan rings is 1. The molecule has 4 heteroatoms. The maximum atomic E-state index is 12.4. The number of amides is 1. The molecule has 0 saturated heterocycles. The maximum absolute atomic E-state index is 12.4. The summed E-state index contributed by atoms with van der Waals surface area (Å²) in [6, 6.07) is 15.0. The van der Waals surface area contributed by atoms with Crippen LogP contribution in [0.4, 0.5) is 5.69 Å². The number of carbonyl (C=O) groups is 1. The molecule has 0 bridgehead atoms. The molecule has 0 aliphatic carbocycles. The van der Waals surface area contributed by atoms with E-state index in [1.54, 1.807) is 12.1 Å². The molecule has 122 valence electrons. The summed E-state index contributed by atoms with van der Waals surface area (Å²) in [5, 5.41) is 3.54. The van der Waals surface area contributed by atoms with Gasteiger partial charge in [-0.25, -0.2) is 0 Å². The zero-order chi connectivity index (χ0) is 17.3. The largest absolute Gasteiger partial charge is 0.451 e. The highest BCUT2D eigenvalue weighted by Gasteiger charge is 2.13. The van der Waals surface area contributed by atoms with Gasteiger partial charge >= 0.3 is 0 Å². The standard InChI is InChI=1S/C20H18ClNO2/c1-12-8-13(2)10-16(9-12)22-20(23)19-7-6-18(24-19)15-5-4-14(3)17(21)11-15/h4-11H,1-3H3,(H,22,23). The van der Waals surface area contributed by atoms with Crippen LogP contribution in [0.15, 0.2) is 52.9 Å². The van der Waals surface area contributed by atoms with Crippen LogP contribution in [0.5, 0.6) is 0 Å². The van der Waals surface area contributed by atoms with E-state index in [9.17, 15) is 4.79 Å². The lowest BCUT2D eigenvalue weighted by Gasteiger charge is -2.06. The van der Waals surface area contributed by atoms with Crippen molar-refractivity contribution in [2.24, 2.45) is 0 Å². The predicted molar refractivity (Wildman–Crippen MR) is 97.8 cm³/mol. The van der Waals surface area contributed by atoms with Gasteiger partial charge in [0.05, 0.1) is 0 Å². The van der Waals surface area contributed by atoms with Crippen molar-refractivity contribution < 1.29 is 9.21 Å². The third-order valence-corrected chi connectivity index (χ3v) is 4.17. The average Bonchev–Trinajstić information content (AvgIpc) is 2.99. The predicted octanol–water partition coefficient (Wildman–Crippen LogP) is 5.78. The van der Waals surface area contributed by atoms with Gasteiger partial charge in [0.1, 0.15) is 5.76 Å². The van der Waals surface area contributed by atoms with Crippen LogP contribution in [-0.2, 0) is 0 Å². The monoisotopic (exact) mass is 339 g/mol. The minimum atomic E-state index is -0.274.